The lowest BCUT2D eigenvalue weighted by Crippen LogP contribution is -2.32. The van der Waals surface area contributed by atoms with Crippen molar-refractivity contribution in [2.24, 2.45) is 0 Å². The summed E-state index contributed by atoms with van der Waals surface area (Å²) in [6, 6.07) is 11.4. The van der Waals surface area contributed by atoms with Crippen LogP contribution in [0.15, 0.2) is 48.8 Å². The van der Waals surface area contributed by atoms with Crippen LogP contribution >= 0.6 is 11.6 Å². The molecule has 0 saturated carbocycles. The van der Waals surface area contributed by atoms with E-state index >= 15 is 0 Å². The van der Waals surface area contributed by atoms with E-state index in [4.69, 9.17) is 11.6 Å². The van der Waals surface area contributed by atoms with Crippen LogP contribution in [-0.4, -0.2) is 35.4 Å². The fraction of sp³-hybridized carbons (Fsp3) is 0.350. The minimum atomic E-state index is -0.324. The standard InChI is InChI=1S/C20H23ClN2O3/c1-26-20(25)11-13-23(15-17-5-3-12-22-14-17)19(24)6-2-4-16-7-9-18(21)10-8-16/h3,5,7-10,12,14H,2,4,6,11,13,15H2,1H3. The molecule has 0 aliphatic rings. The van der Waals surface area contributed by atoms with Crippen LogP contribution in [0.1, 0.15) is 30.4 Å². The first-order valence-corrected chi connectivity index (χ1v) is 8.94. The number of benzene rings is 1. The van der Waals surface area contributed by atoms with E-state index < -0.39 is 0 Å². The number of aromatic nitrogens is 1. The van der Waals surface area contributed by atoms with Gasteiger partial charge in [0, 0.05) is 36.9 Å². The Morgan fingerprint density at radius 2 is 1.88 bits per heavy atom. The van der Waals surface area contributed by atoms with Crippen molar-refractivity contribution < 1.29 is 14.3 Å². The maximum atomic E-state index is 12.6. The maximum absolute atomic E-state index is 12.6. The molecule has 0 aliphatic heterocycles. The molecule has 0 N–H and O–H groups in total. The van der Waals surface area contributed by atoms with E-state index in [-0.39, 0.29) is 18.3 Å². The Hall–Kier alpha value is -2.40. The van der Waals surface area contributed by atoms with Crippen molar-refractivity contribution in [2.45, 2.75) is 32.2 Å². The lowest BCUT2D eigenvalue weighted by atomic mass is 10.1. The van der Waals surface area contributed by atoms with Gasteiger partial charge in [0.15, 0.2) is 0 Å². The summed E-state index contributed by atoms with van der Waals surface area (Å²) in [5.41, 5.74) is 2.08. The van der Waals surface area contributed by atoms with Gasteiger partial charge in [-0.2, -0.15) is 0 Å². The third-order valence-corrected chi connectivity index (χ3v) is 4.28. The van der Waals surface area contributed by atoms with Crippen LogP contribution in [-0.2, 0) is 27.3 Å². The minimum Gasteiger partial charge on any atom is -0.469 e. The second kappa shape index (κ2) is 10.6. The van der Waals surface area contributed by atoms with Crippen molar-refractivity contribution in [1.29, 1.82) is 0 Å². The first-order valence-electron chi connectivity index (χ1n) is 8.56. The van der Waals surface area contributed by atoms with Crippen LogP contribution in [0.2, 0.25) is 5.02 Å². The van der Waals surface area contributed by atoms with E-state index in [9.17, 15) is 9.59 Å². The van der Waals surface area contributed by atoms with E-state index in [1.165, 1.54) is 7.11 Å². The summed E-state index contributed by atoms with van der Waals surface area (Å²) in [4.78, 5) is 29.8. The number of aryl methyl sites for hydroxylation is 1. The second-order valence-corrected chi connectivity index (χ2v) is 6.42. The number of nitrogens with zero attached hydrogens (tertiary/aromatic N) is 2. The molecule has 138 valence electrons. The lowest BCUT2D eigenvalue weighted by molar-refractivity contribution is -0.142. The summed E-state index contributed by atoms with van der Waals surface area (Å²) < 4.78 is 4.68. The van der Waals surface area contributed by atoms with E-state index in [0.29, 0.717) is 24.5 Å². The van der Waals surface area contributed by atoms with Crippen molar-refractivity contribution in [1.82, 2.24) is 9.88 Å². The van der Waals surface area contributed by atoms with E-state index in [0.717, 1.165) is 24.0 Å². The first kappa shape index (κ1) is 19.9. The highest BCUT2D eigenvalue weighted by Gasteiger charge is 2.15. The molecular weight excluding hydrogens is 352 g/mol. The summed E-state index contributed by atoms with van der Waals surface area (Å²) in [5.74, 6) is -0.304. The molecule has 1 heterocycles. The van der Waals surface area contributed by atoms with Gasteiger partial charge in [0.25, 0.3) is 0 Å². The number of pyridine rings is 1. The number of halogens is 1. The molecule has 1 aromatic carbocycles. The topological polar surface area (TPSA) is 59.5 Å². The molecule has 0 bridgehead atoms. The summed E-state index contributed by atoms with van der Waals surface area (Å²) >= 11 is 5.88. The molecule has 2 rings (SSSR count). The van der Waals surface area contributed by atoms with E-state index in [1.807, 2.05) is 36.4 Å². The summed E-state index contributed by atoms with van der Waals surface area (Å²) in [6.07, 6.45) is 5.56. The normalized spacial score (nSPS) is 10.4. The zero-order chi connectivity index (χ0) is 18.8. The van der Waals surface area contributed by atoms with Crippen LogP contribution in [0, 0.1) is 0 Å². The largest absolute Gasteiger partial charge is 0.469 e. The molecule has 1 amide bonds. The lowest BCUT2D eigenvalue weighted by Gasteiger charge is -2.22. The Morgan fingerprint density at radius 1 is 1.12 bits per heavy atom. The number of ether oxygens (including phenoxy) is 1. The number of esters is 1. The molecule has 2 aromatic rings. The molecule has 0 unspecified atom stereocenters. The van der Waals surface area contributed by atoms with Crippen molar-refractivity contribution in [3.63, 3.8) is 0 Å². The predicted octanol–water partition coefficient (Wildman–Crippen LogP) is 3.65. The molecule has 0 radical (unpaired) electrons. The van der Waals surface area contributed by atoms with Gasteiger partial charge in [0.05, 0.1) is 13.5 Å². The first-order chi connectivity index (χ1) is 12.6. The maximum Gasteiger partial charge on any atom is 0.307 e. The molecule has 0 fully saturated rings. The highest BCUT2D eigenvalue weighted by atomic mass is 35.5. The van der Waals surface area contributed by atoms with E-state index in [1.54, 1.807) is 17.3 Å². The molecule has 0 spiro atoms. The zero-order valence-corrected chi connectivity index (χ0v) is 15.6. The Balaban J connectivity index is 1.90. The van der Waals surface area contributed by atoms with Crippen LogP contribution in [0.4, 0.5) is 0 Å². The number of methoxy groups -OCH3 is 1. The predicted molar refractivity (Wildman–Crippen MR) is 101 cm³/mol. The van der Waals surface area contributed by atoms with Crippen molar-refractivity contribution in [3.05, 3.63) is 64.9 Å². The molecule has 5 nitrogen and oxygen atoms in total. The van der Waals surface area contributed by atoms with Crippen molar-refractivity contribution in [2.75, 3.05) is 13.7 Å². The molecule has 26 heavy (non-hydrogen) atoms. The number of carbonyl (C=O) groups is 2. The fourth-order valence-corrected chi connectivity index (χ4v) is 2.71. The highest BCUT2D eigenvalue weighted by Crippen LogP contribution is 2.13. The number of hydrogen-bond donors (Lipinski definition) is 0. The zero-order valence-electron chi connectivity index (χ0n) is 14.9. The minimum absolute atomic E-state index is 0.0201. The average molecular weight is 375 g/mol. The SMILES string of the molecule is COC(=O)CCN(Cc1cccnc1)C(=O)CCCc1ccc(Cl)cc1. The molecule has 0 aliphatic carbocycles. The third kappa shape index (κ3) is 6.84. The molecule has 0 atom stereocenters. The number of carbonyl (C=O) groups excluding carboxylic acids is 2. The Kier molecular flexibility index (Phi) is 8.09. The van der Waals surface area contributed by atoms with Gasteiger partial charge in [-0.25, -0.2) is 0 Å². The second-order valence-electron chi connectivity index (χ2n) is 5.98. The van der Waals surface area contributed by atoms with Crippen LogP contribution in [0.5, 0.6) is 0 Å². The highest BCUT2D eigenvalue weighted by molar-refractivity contribution is 6.30. The summed E-state index contributed by atoms with van der Waals surface area (Å²) in [6.45, 7) is 0.770. The third-order valence-electron chi connectivity index (χ3n) is 4.03. The van der Waals surface area contributed by atoms with Crippen LogP contribution in [0.25, 0.3) is 0 Å². The summed E-state index contributed by atoms with van der Waals surface area (Å²) in [7, 11) is 1.35. The Bertz CT molecular complexity index is 705. The Labute approximate surface area is 158 Å². The molecule has 0 saturated heterocycles. The fourth-order valence-electron chi connectivity index (χ4n) is 2.59. The molecule has 6 heteroatoms. The number of hydrogen-bond acceptors (Lipinski definition) is 4. The number of rotatable bonds is 9. The monoisotopic (exact) mass is 374 g/mol. The van der Waals surface area contributed by atoms with Gasteiger partial charge in [-0.05, 0) is 42.2 Å². The summed E-state index contributed by atoms with van der Waals surface area (Å²) in [5, 5.41) is 0.704. The van der Waals surface area contributed by atoms with Gasteiger partial charge in [-0.1, -0.05) is 29.8 Å². The van der Waals surface area contributed by atoms with Gasteiger partial charge in [-0.3, -0.25) is 14.6 Å². The number of amides is 1. The molecular formula is C20H23ClN2O3. The quantitative estimate of drug-likeness (QED) is 0.628. The molecule has 1 aromatic heterocycles. The average Bonchev–Trinajstić information content (AvgIpc) is 2.67. The van der Waals surface area contributed by atoms with Gasteiger partial charge in [-0.15, -0.1) is 0 Å². The smallest absolute Gasteiger partial charge is 0.307 e. The van der Waals surface area contributed by atoms with Gasteiger partial charge < -0.3 is 9.64 Å². The van der Waals surface area contributed by atoms with Crippen LogP contribution < -0.4 is 0 Å². The van der Waals surface area contributed by atoms with Gasteiger partial charge in [0.2, 0.25) is 5.91 Å². The van der Waals surface area contributed by atoms with Gasteiger partial charge >= 0.3 is 5.97 Å². The van der Waals surface area contributed by atoms with Crippen molar-refractivity contribution in [3.8, 4) is 0 Å². The van der Waals surface area contributed by atoms with E-state index in [2.05, 4.69) is 9.72 Å². The van der Waals surface area contributed by atoms with Crippen molar-refractivity contribution >= 4 is 23.5 Å². The van der Waals surface area contributed by atoms with Gasteiger partial charge in [0.1, 0.15) is 0 Å². The van der Waals surface area contributed by atoms with Crippen LogP contribution in [0.3, 0.4) is 0 Å². The Morgan fingerprint density at radius 3 is 2.54 bits per heavy atom.